The maximum absolute atomic E-state index is 13.0. The van der Waals surface area contributed by atoms with E-state index < -0.39 is 0 Å². The molecule has 0 saturated carbocycles. The fourth-order valence-corrected chi connectivity index (χ4v) is 3.44. The third-order valence-corrected chi connectivity index (χ3v) is 5.23. The number of ether oxygens (including phenoxy) is 1. The number of hydrogen-bond donors (Lipinski definition) is 1. The molecule has 0 aliphatic rings. The number of hydrogen-bond acceptors (Lipinski definition) is 5. The van der Waals surface area contributed by atoms with Crippen LogP contribution in [0.2, 0.25) is 0 Å². The minimum Gasteiger partial charge on any atom is -0.486 e. The van der Waals surface area contributed by atoms with Gasteiger partial charge in [0.05, 0.1) is 5.75 Å². The van der Waals surface area contributed by atoms with Crippen molar-refractivity contribution in [1.29, 1.82) is 0 Å². The van der Waals surface area contributed by atoms with E-state index >= 15 is 0 Å². The minimum atomic E-state index is -0.351. The Morgan fingerprint density at radius 3 is 2.60 bits per heavy atom. The number of halogens is 1. The number of nitrogens with zero attached hydrogens (tertiary/aromatic N) is 3. The average molecular weight is 427 g/mol. The molecule has 3 rings (SSSR count). The molecule has 0 aliphatic carbocycles. The number of rotatable bonds is 10. The van der Waals surface area contributed by atoms with Crippen molar-refractivity contribution >= 4 is 23.4 Å². The smallest absolute Gasteiger partial charge is 0.234 e. The molecule has 30 heavy (non-hydrogen) atoms. The number of anilines is 1. The van der Waals surface area contributed by atoms with Crippen molar-refractivity contribution < 1.29 is 13.9 Å². The summed E-state index contributed by atoms with van der Waals surface area (Å²) in [4.78, 5) is 12.2. The second-order valence-corrected chi connectivity index (χ2v) is 7.37. The van der Waals surface area contributed by atoms with Gasteiger partial charge >= 0.3 is 0 Å². The third kappa shape index (κ3) is 5.93. The largest absolute Gasteiger partial charge is 0.486 e. The summed E-state index contributed by atoms with van der Waals surface area (Å²) in [7, 11) is 0. The van der Waals surface area contributed by atoms with Gasteiger partial charge in [0.2, 0.25) is 5.91 Å². The summed E-state index contributed by atoms with van der Waals surface area (Å²) in [5, 5.41) is 11.7. The first-order valence-electron chi connectivity index (χ1n) is 9.52. The lowest BCUT2D eigenvalue weighted by Gasteiger charge is -2.10. The van der Waals surface area contributed by atoms with Crippen LogP contribution in [0, 0.1) is 5.82 Å². The Hall–Kier alpha value is -3.13. The molecule has 0 radical (unpaired) electrons. The molecule has 1 N–H and O–H groups in total. The van der Waals surface area contributed by atoms with Crippen LogP contribution in [0.15, 0.2) is 66.3 Å². The first-order chi connectivity index (χ1) is 14.6. The molecular weight excluding hydrogens is 403 g/mol. The molecular formula is C22H23FN4O2S. The molecule has 0 aliphatic heterocycles. The summed E-state index contributed by atoms with van der Waals surface area (Å²) in [5.74, 6) is 0.986. The van der Waals surface area contributed by atoms with Gasteiger partial charge in [-0.15, -0.1) is 16.8 Å². The average Bonchev–Trinajstić information content (AvgIpc) is 3.14. The zero-order valence-corrected chi connectivity index (χ0v) is 17.5. The fraction of sp³-hybridized carbons (Fsp3) is 0.227. The van der Waals surface area contributed by atoms with Crippen LogP contribution in [0.4, 0.5) is 10.1 Å². The molecule has 0 saturated heterocycles. The highest BCUT2D eigenvalue weighted by atomic mass is 32.2. The molecule has 6 nitrogen and oxygen atoms in total. The minimum absolute atomic E-state index is 0.145. The van der Waals surface area contributed by atoms with Crippen LogP contribution in [0.1, 0.15) is 18.3 Å². The Morgan fingerprint density at radius 1 is 1.20 bits per heavy atom. The molecule has 0 atom stereocenters. The monoisotopic (exact) mass is 426 g/mol. The summed E-state index contributed by atoms with van der Waals surface area (Å²) in [6.07, 6.45) is 2.72. The van der Waals surface area contributed by atoms with Gasteiger partial charge in [0.15, 0.2) is 11.0 Å². The maximum atomic E-state index is 13.0. The maximum Gasteiger partial charge on any atom is 0.234 e. The molecule has 3 aromatic rings. The second kappa shape index (κ2) is 10.6. The second-order valence-electron chi connectivity index (χ2n) is 6.43. The number of thioether (sulfide) groups is 1. The van der Waals surface area contributed by atoms with Gasteiger partial charge in [0.1, 0.15) is 18.2 Å². The molecule has 0 unspecified atom stereocenters. The summed E-state index contributed by atoms with van der Waals surface area (Å²) in [6, 6.07) is 13.6. The molecule has 1 amide bonds. The highest BCUT2D eigenvalue weighted by Gasteiger charge is 2.14. The van der Waals surface area contributed by atoms with Crippen LogP contribution in [-0.2, 0) is 24.4 Å². The van der Waals surface area contributed by atoms with Crippen molar-refractivity contribution in [2.45, 2.75) is 31.7 Å². The van der Waals surface area contributed by atoms with Gasteiger partial charge in [-0.05, 0) is 48.4 Å². The standard InChI is InChI=1S/C22H23FN4O2S/c1-3-13-27-20(14-29-19-11-5-16(4-2)6-12-19)25-26-22(27)30-15-21(28)24-18-9-7-17(23)8-10-18/h3,5-12H,1,4,13-15H2,2H3,(H,24,28). The molecule has 1 aromatic heterocycles. The van der Waals surface area contributed by atoms with E-state index in [1.54, 1.807) is 6.08 Å². The molecule has 156 valence electrons. The summed E-state index contributed by atoms with van der Waals surface area (Å²) in [6.45, 7) is 6.64. The van der Waals surface area contributed by atoms with Crippen molar-refractivity contribution in [2.24, 2.45) is 0 Å². The van der Waals surface area contributed by atoms with Crippen LogP contribution >= 0.6 is 11.8 Å². The van der Waals surface area contributed by atoms with E-state index in [1.165, 1.54) is 41.6 Å². The molecule has 8 heteroatoms. The van der Waals surface area contributed by atoms with Gasteiger partial charge in [-0.25, -0.2) is 4.39 Å². The van der Waals surface area contributed by atoms with Crippen molar-refractivity contribution in [3.8, 4) is 5.75 Å². The first-order valence-corrected chi connectivity index (χ1v) is 10.5. The van der Waals surface area contributed by atoms with Crippen LogP contribution in [0.5, 0.6) is 5.75 Å². The Bertz CT molecular complexity index is 987. The third-order valence-electron chi connectivity index (χ3n) is 4.27. The Labute approximate surface area is 179 Å². The number of aryl methyl sites for hydroxylation is 1. The van der Waals surface area contributed by atoms with E-state index in [-0.39, 0.29) is 24.1 Å². The summed E-state index contributed by atoms with van der Waals surface area (Å²) in [5.41, 5.74) is 1.78. The number of nitrogens with one attached hydrogen (secondary N) is 1. The van der Waals surface area contributed by atoms with E-state index in [0.717, 1.165) is 12.2 Å². The Kier molecular flexibility index (Phi) is 7.62. The van der Waals surface area contributed by atoms with Gasteiger partial charge in [-0.2, -0.15) is 0 Å². The van der Waals surface area contributed by atoms with Crippen molar-refractivity contribution in [1.82, 2.24) is 14.8 Å². The molecule has 0 fully saturated rings. The van der Waals surface area contributed by atoms with E-state index in [0.29, 0.717) is 23.2 Å². The molecule has 1 heterocycles. The molecule has 0 spiro atoms. The van der Waals surface area contributed by atoms with Crippen molar-refractivity contribution in [3.05, 3.63) is 78.4 Å². The number of allylic oxidation sites excluding steroid dienone is 1. The predicted octanol–water partition coefficient (Wildman–Crippen LogP) is 4.48. The lowest BCUT2D eigenvalue weighted by Crippen LogP contribution is -2.15. The van der Waals surface area contributed by atoms with Gasteiger partial charge in [-0.1, -0.05) is 36.9 Å². The lowest BCUT2D eigenvalue weighted by atomic mass is 10.2. The number of carbonyl (C=O) groups is 1. The number of aromatic nitrogens is 3. The molecule has 2 aromatic carbocycles. The summed E-state index contributed by atoms with van der Waals surface area (Å²) < 4.78 is 20.7. The van der Waals surface area contributed by atoms with E-state index in [9.17, 15) is 9.18 Å². The van der Waals surface area contributed by atoms with E-state index in [4.69, 9.17) is 4.74 Å². The highest BCUT2D eigenvalue weighted by molar-refractivity contribution is 7.99. The lowest BCUT2D eigenvalue weighted by molar-refractivity contribution is -0.113. The number of carbonyl (C=O) groups excluding carboxylic acids is 1. The normalized spacial score (nSPS) is 10.6. The van der Waals surface area contributed by atoms with Crippen molar-refractivity contribution in [2.75, 3.05) is 11.1 Å². The SMILES string of the molecule is C=CCn1c(COc2ccc(CC)cc2)nnc1SCC(=O)Nc1ccc(F)cc1. The van der Waals surface area contributed by atoms with Gasteiger partial charge in [0, 0.05) is 12.2 Å². The van der Waals surface area contributed by atoms with E-state index in [2.05, 4.69) is 29.0 Å². The van der Waals surface area contributed by atoms with Crippen LogP contribution in [0.3, 0.4) is 0 Å². The fourth-order valence-electron chi connectivity index (χ4n) is 2.67. The Balaban J connectivity index is 1.59. The zero-order valence-electron chi connectivity index (χ0n) is 16.7. The topological polar surface area (TPSA) is 69.0 Å². The highest BCUT2D eigenvalue weighted by Crippen LogP contribution is 2.20. The van der Waals surface area contributed by atoms with Crippen LogP contribution in [-0.4, -0.2) is 26.4 Å². The van der Waals surface area contributed by atoms with Gasteiger partial charge in [-0.3, -0.25) is 9.36 Å². The number of amides is 1. The van der Waals surface area contributed by atoms with Crippen LogP contribution in [0.25, 0.3) is 0 Å². The Morgan fingerprint density at radius 2 is 1.93 bits per heavy atom. The van der Waals surface area contributed by atoms with E-state index in [1.807, 2.05) is 28.8 Å². The molecule has 0 bridgehead atoms. The summed E-state index contributed by atoms with van der Waals surface area (Å²) >= 11 is 1.26. The van der Waals surface area contributed by atoms with Crippen molar-refractivity contribution in [3.63, 3.8) is 0 Å². The van der Waals surface area contributed by atoms with Crippen LogP contribution < -0.4 is 10.1 Å². The first kappa shape index (κ1) is 21.6. The predicted molar refractivity (Wildman–Crippen MR) is 116 cm³/mol. The van der Waals surface area contributed by atoms with Gasteiger partial charge in [0.25, 0.3) is 0 Å². The van der Waals surface area contributed by atoms with Gasteiger partial charge < -0.3 is 10.1 Å². The quantitative estimate of drug-likeness (QED) is 0.383. The zero-order chi connectivity index (χ0) is 21.3. The number of benzene rings is 2.